The molecule has 0 saturated carbocycles. The molecule has 0 aromatic carbocycles. The van der Waals surface area contributed by atoms with Crippen molar-refractivity contribution in [3.8, 4) is 0 Å². The first-order valence-electron chi connectivity index (χ1n) is 2.15. The minimum atomic E-state index is 1.03. The minimum absolute atomic E-state index is 1.03. The van der Waals surface area contributed by atoms with Crippen LogP contribution in [0.25, 0.3) is 0 Å². The van der Waals surface area contributed by atoms with E-state index in [0.717, 1.165) is 6.54 Å². The Bertz CT molecular complexity index is 89.7. The molecule has 0 N–H and O–H groups in total. The number of hydrogen-bond donors (Lipinski definition) is 0. The molecule has 0 aromatic heterocycles. The largest absolute Gasteiger partial charge is 0.271 e. The zero-order chi connectivity index (χ0) is 5.11. The average Bonchev–Trinajstić information content (AvgIpc) is 2.14. The molecule has 0 saturated heterocycles. The van der Waals surface area contributed by atoms with Crippen LogP contribution >= 0.6 is 23.5 Å². The Morgan fingerprint density at radius 3 is 3.00 bits per heavy atom. The van der Waals surface area contributed by atoms with Crippen LogP contribution in [0.5, 0.6) is 0 Å². The Morgan fingerprint density at radius 1 is 1.86 bits per heavy atom. The molecule has 0 aromatic rings. The zero-order valence-corrected chi connectivity index (χ0v) is 5.81. The first-order valence-corrected chi connectivity index (χ1v) is 4.36. The maximum atomic E-state index is 4.20. The molecule has 1 rings (SSSR count). The highest BCUT2D eigenvalue weighted by Gasteiger charge is 2.02. The van der Waals surface area contributed by atoms with E-state index in [9.17, 15) is 0 Å². The van der Waals surface area contributed by atoms with Gasteiger partial charge in [-0.2, -0.15) is 0 Å². The Labute approximate surface area is 52.0 Å². The quantitative estimate of drug-likeness (QED) is 0.496. The third-order valence-electron chi connectivity index (χ3n) is 0.732. The molecule has 3 heteroatoms. The summed E-state index contributed by atoms with van der Waals surface area (Å²) in [6, 6.07) is 0. The number of rotatable bonds is 0. The van der Waals surface area contributed by atoms with Gasteiger partial charge in [-0.15, -0.1) is 11.8 Å². The minimum Gasteiger partial charge on any atom is -0.271 e. The van der Waals surface area contributed by atoms with E-state index in [-0.39, 0.29) is 0 Å². The Balaban J connectivity index is 2.36. The van der Waals surface area contributed by atoms with E-state index < -0.39 is 0 Å². The van der Waals surface area contributed by atoms with E-state index in [4.69, 9.17) is 0 Å². The summed E-state index contributed by atoms with van der Waals surface area (Å²) in [6.07, 6.45) is 2.07. The molecule has 0 radical (unpaired) electrons. The Morgan fingerprint density at radius 2 is 2.71 bits per heavy atom. The highest BCUT2D eigenvalue weighted by molar-refractivity contribution is 8.38. The summed E-state index contributed by atoms with van der Waals surface area (Å²) >= 11 is 3.60. The van der Waals surface area contributed by atoms with Crippen molar-refractivity contribution in [2.45, 2.75) is 0 Å². The standard InChI is InChI=1S/C4H7NS2/c1-6-4-5-2-3-7-4/h2-3H2,1H3. The number of nitrogens with zero attached hydrogens (tertiary/aromatic N) is 1. The smallest absolute Gasteiger partial charge is 0.124 e. The monoisotopic (exact) mass is 133 g/mol. The second-order valence-corrected chi connectivity index (χ2v) is 3.34. The van der Waals surface area contributed by atoms with Crippen molar-refractivity contribution in [2.24, 2.45) is 4.99 Å². The maximum absolute atomic E-state index is 4.20. The molecule has 0 spiro atoms. The molecular formula is C4H7NS2. The van der Waals surface area contributed by atoms with Gasteiger partial charge in [-0.1, -0.05) is 11.8 Å². The van der Waals surface area contributed by atoms with Gasteiger partial charge in [0.1, 0.15) is 4.38 Å². The average molecular weight is 133 g/mol. The van der Waals surface area contributed by atoms with E-state index >= 15 is 0 Å². The molecule has 40 valence electrons. The van der Waals surface area contributed by atoms with Crippen LogP contribution in [0.2, 0.25) is 0 Å². The maximum Gasteiger partial charge on any atom is 0.124 e. The molecule has 0 bridgehead atoms. The molecule has 0 amide bonds. The summed E-state index contributed by atoms with van der Waals surface area (Å²) < 4.78 is 1.25. The van der Waals surface area contributed by atoms with Crippen LogP contribution in [-0.4, -0.2) is 22.9 Å². The molecule has 0 fully saturated rings. The van der Waals surface area contributed by atoms with E-state index in [1.54, 1.807) is 11.8 Å². The molecule has 1 heterocycles. The molecule has 0 aliphatic carbocycles. The van der Waals surface area contributed by atoms with Crippen LogP contribution in [0.4, 0.5) is 0 Å². The Hall–Kier alpha value is 0.370. The van der Waals surface area contributed by atoms with Gasteiger partial charge in [0.2, 0.25) is 0 Å². The van der Waals surface area contributed by atoms with Crippen LogP contribution in [0, 0.1) is 0 Å². The highest BCUT2D eigenvalue weighted by Crippen LogP contribution is 2.18. The number of thioether (sulfide) groups is 2. The van der Waals surface area contributed by atoms with Crippen molar-refractivity contribution >= 4 is 27.9 Å². The number of hydrogen-bond acceptors (Lipinski definition) is 3. The topological polar surface area (TPSA) is 12.4 Å². The van der Waals surface area contributed by atoms with Gasteiger partial charge in [0.05, 0.1) is 6.54 Å². The van der Waals surface area contributed by atoms with Crippen LogP contribution < -0.4 is 0 Å². The predicted octanol–water partition coefficient (Wildman–Crippen LogP) is 1.45. The normalized spacial score (nSPS) is 19.9. The van der Waals surface area contributed by atoms with Crippen molar-refractivity contribution in [3.63, 3.8) is 0 Å². The Kier molecular flexibility index (Phi) is 2.06. The first-order chi connectivity index (χ1) is 3.43. The SMILES string of the molecule is CSC1=NCCS1. The van der Waals surface area contributed by atoms with Crippen molar-refractivity contribution in [1.29, 1.82) is 0 Å². The lowest BCUT2D eigenvalue weighted by atomic mass is 10.8. The molecule has 1 aliphatic rings. The number of aliphatic imine (C=N–C) groups is 1. The third kappa shape index (κ3) is 1.39. The predicted molar refractivity (Wildman–Crippen MR) is 38.3 cm³/mol. The zero-order valence-electron chi connectivity index (χ0n) is 4.18. The van der Waals surface area contributed by atoms with Gasteiger partial charge in [0.15, 0.2) is 0 Å². The lowest BCUT2D eigenvalue weighted by Gasteiger charge is -1.85. The van der Waals surface area contributed by atoms with E-state index in [1.807, 2.05) is 11.8 Å². The van der Waals surface area contributed by atoms with Gasteiger partial charge in [0, 0.05) is 5.75 Å². The summed E-state index contributed by atoms with van der Waals surface area (Å²) in [6.45, 7) is 1.03. The first kappa shape index (κ1) is 5.51. The molecular weight excluding hydrogens is 126 g/mol. The van der Waals surface area contributed by atoms with Crippen LogP contribution in [0.3, 0.4) is 0 Å². The summed E-state index contributed by atoms with van der Waals surface area (Å²) in [5.41, 5.74) is 0. The van der Waals surface area contributed by atoms with Gasteiger partial charge in [-0.25, -0.2) is 0 Å². The van der Waals surface area contributed by atoms with Crippen LogP contribution in [-0.2, 0) is 0 Å². The fourth-order valence-electron chi connectivity index (χ4n) is 0.439. The molecule has 0 atom stereocenters. The summed E-state index contributed by atoms with van der Waals surface area (Å²) in [4.78, 5) is 4.20. The van der Waals surface area contributed by atoms with Crippen LogP contribution in [0.1, 0.15) is 0 Å². The molecule has 1 aliphatic heterocycles. The van der Waals surface area contributed by atoms with E-state index in [1.165, 1.54) is 10.1 Å². The van der Waals surface area contributed by atoms with Crippen molar-refractivity contribution < 1.29 is 0 Å². The van der Waals surface area contributed by atoms with Crippen LogP contribution in [0.15, 0.2) is 4.99 Å². The third-order valence-corrected chi connectivity index (χ3v) is 2.83. The van der Waals surface area contributed by atoms with Gasteiger partial charge in [-0.3, -0.25) is 4.99 Å². The van der Waals surface area contributed by atoms with E-state index in [2.05, 4.69) is 11.2 Å². The lowest BCUT2D eigenvalue weighted by molar-refractivity contribution is 1.18. The second-order valence-electron chi connectivity index (χ2n) is 1.20. The summed E-state index contributed by atoms with van der Waals surface area (Å²) in [5, 5.41) is 0. The summed E-state index contributed by atoms with van der Waals surface area (Å²) in [7, 11) is 0. The molecule has 0 unspecified atom stereocenters. The summed E-state index contributed by atoms with van der Waals surface area (Å²) in [5.74, 6) is 1.19. The van der Waals surface area contributed by atoms with Gasteiger partial charge < -0.3 is 0 Å². The lowest BCUT2D eigenvalue weighted by Crippen LogP contribution is -1.72. The second kappa shape index (κ2) is 2.62. The van der Waals surface area contributed by atoms with Crippen molar-refractivity contribution in [2.75, 3.05) is 18.6 Å². The highest BCUT2D eigenvalue weighted by atomic mass is 32.2. The van der Waals surface area contributed by atoms with Crippen molar-refractivity contribution in [1.82, 2.24) is 0 Å². The van der Waals surface area contributed by atoms with Gasteiger partial charge in [-0.05, 0) is 6.26 Å². The van der Waals surface area contributed by atoms with Gasteiger partial charge >= 0.3 is 0 Å². The fourth-order valence-corrected chi connectivity index (χ4v) is 1.92. The van der Waals surface area contributed by atoms with Gasteiger partial charge in [0.25, 0.3) is 0 Å². The molecule has 7 heavy (non-hydrogen) atoms. The van der Waals surface area contributed by atoms with E-state index in [0.29, 0.717) is 0 Å². The molecule has 1 nitrogen and oxygen atoms in total. The fraction of sp³-hybridized carbons (Fsp3) is 0.750. The van der Waals surface area contributed by atoms with Crippen molar-refractivity contribution in [3.05, 3.63) is 0 Å².